The highest BCUT2D eigenvalue weighted by Gasteiger charge is 2.14. The Hall–Kier alpha value is -3.15. The Balaban J connectivity index is 1.40. The molecule has 31 heavy (non-hydrogen) atoms. The molecule has 0 unspecified atom stereocenters. The summed E-state index contributed by atoms with van der Waals surface area (Å²) in [6, 6.07) is 25.2. The van der Waals surface area contributed by atoms with E-state index in [2.05, 4.69) is 47.1 Å². The highest BCUT2D eigenvalue weighted by molar-refractivity contribution is 7.86. The highest BCUT2D eigenvalue weighted by Crippen LogP contribution is 2.23. The standard InChI is InChI=1S/C26H25NO3S/c1-21-11-15-24(16-12-21)31(28,29)30-20-6-18-27-19-17-25-23(9-5-10-26(25)27)14-13-22-7-3-2-4-8-22/h2-5,7-17,19H,6,18,20H2,1H3/b14-13+. The number of benzene rings is 3. The van der Waals surface area contributed by atoms with Crippen LogP contribution in [0, 0.1) is 6.92 Å². The summed E-state index contributed by atoms with van der Waals surface area (Å²) in [5.41, 5.74) is 4.44. The number of hydrogen-bond donors (Lipinski definition) is 0. The largest absolute Gasteiger partial charge is 0.347 e. The van der Waals surface area contributed by atoms with Gasteiger partial charge in [0, 0.05) is 23.6 Å². The van der Waals surface area contributed by atoms with Crippen molar-refractivity contribution in [3.8, 4) is 0 Å². The third-order valence-electron chi connectivity index (χ3n) is 5.19. The minimum Gasteiger partial charge on any atom is -0.347 e. The number of aromatic nitrogens is 1. The average molecular weight is 432 g/mol. The Bertz CT molecular complexity index is 1290. The third kappa shape index (κ3) is 5.13. The fourth-order valence-corrected chi connectivity index (χ4v) is 4.46. The first-order chi connectivity index (χ1) is 15.0. The van der Waals surface area contributed by atoms with E-state index in [1.54, 1.807) is 24.3 Å². The van der Waals surface area contributed by atoms with Gasteiger partial charge < -0.3 is 4.57 Å². The van der Waals surface area contributed by atoms with Gasteiger partial charge in [0.05, 0.1) is 11.5 Å². The Kier molecular flexibility index (Phi) is 6.35. The van der Waals surface area contributed by atoms with Crippen LogP contribution < -0.4 is 0 Å². The molecule has 4 aromatic rings. The van der Waals surface area contributed by atoms with Crippen LogP contribution in [0.5, 0.6) is 0 Å². The smallest absolute Gasteiger partial charge is 0.296 e. The Morgan fingerprint density at radius 1 is 0.871 bits per heavy atom. The van der Waals surface area contributed by atoms with Crippen molar-refractivity contribution in [2.75, 3.05) is 6.61 Å². The van der Waals surface area contributed by atoms with Crippen molar-refractivity contribution in [2.45, 2.75) is 24.8 Å². The summed E-state index contributed by atoms with van der Waals surface area (Å²) < 4.78 is 32.0. The highest BCUT2D eigenvalue weighted by atomic mass is 32.2. The van der Waals surface area contributed by atoms with Gasteiger partial charge in [0.2, 0.25) is 0 Å². The van der Waals surface area contributed by atoms with Crippen molar-refractivity contribution in [1.82, 2.24) is 4.57 Å². The van der Waals surface area contributed by atoms with E-state index in [0.717, 1.165) is 22.2 Å². The summed E-state index contributed by atoms with van der Waals surface area (Å²) >= 11 is 0. The molecule has 0 aliphatic carbocycles. The third-order valence-corrected chi connectivity index (χ3v) is 6.52. The molecule has 0 saturated heterocycles. The Morgan fingerprint density at radius 2 is 1.65 bits per heavy atom. The lowest BCUT2D eigenvalue weighted by atomic mass is 10.1. The van der Waals surface area contributed by atoms with Crippen molar-refractivity contribution in [1.29, 1.82) is 0 Å². The molecule has 5 heteroatoms. The Morgan fingerprint density at radius 3 is 2.42 bits per heavy atom. The van der Waals surface area contributed by atoms with E-state index < -0.39 is 10.1 Å². The minimum absolute atomic E-state index is 0.142. The first-order valence-corrected chi connectivity index (χ1v) is 11.7. The predicted molar refractivity (Wildman–Crippen MR) is 126 cm³/mol. The summed E-state index contributed by atoms with van der Waals surface area (Å²) in [4.78, 5) is 0.194. The molecule has 0 fully saturated rings. The fourth-order valence-electron chi connectivity index (χ4n) is 3.51. The molecular formula is C26H25NO3S. The van der Waals surface area contributed by atoms with Crippen LogP contribution in [0.4, 0.5) is 0 Å². The summed E-state index contributed by atoms with van der Waals surface area (Å²) in [6.07, 6.45) is 6.87. The van der Waals surface area contributed by atoms with Crippen LogP contribution in [0.2, 0.25) is 0 Å². The second-order valence-electron chi connectivity index (χ2n) is 7.48. The van der Waals surface area contributed by atoms with Gasteiger partial charge in [-0.2, -0.15) is 8.42 Å². The Labute approximate surface area is 183 Å². The van der Waals surface area contributed by atoms with E-state index in [-0.39, 0.29) is 11.5 Å². The van der Waals surface area contributed by atoms with Gasteiger partial charge in [0.25, 0.3) is 10.1 Å². The van der Waals surface area contributed by atoms with Gasteiger partial charge in [0.1, 0.15) is 0 Å². The molecule has 0 radical (unpaired) electrons. The maximum Gasteiger partial charge on any atom is 0.296 e. The van der Waals surface area contributed by atoms with Gasteiger partial charge >= 0.3 is 0 Å². The molecular weight excluding hydrogens is 406 g/mol. The van der Waals surface area contributed by atoms with Crippen LogP contribution in [-0.4, -0.2) is 19.6 Å². The second kappa shape index (κ2) is 9.33. The molecule has 0 atom stereocenters. The zero-order chi connectivity index (χ0) is 21.7. The normalized spacial score (nSPS) is 12.0. The first-order valence-electron chi connectivity index (χ1n) is 10.3. The second-order valence-corrected chi connectivity index (χ2v) is 9.09. The molecule has 0 bridgehead atoms. The molecule has 4 nitrogen and oxygen atoms in total. The van der Waals surface area contributed by atoms with Gasteiger partial charge in [0.15, 0.2) is 0 Å². The zero-order valence-corrected chi connectivity index (χ0v) is 18.3. The number of aryl methyl sites for hydroxylation is 2. The molecule has 0 saturated carbocycles. The minimum atomic E-state index is -3.72. The quantitative estimate of drug-likeness (QED) is 0.198. The first kappa shape index (κ1) is 21.1. The van der Waals surface area contributed by atoms with Crippen LogP contribution in [0.1, 0.15) is 23.1 Å². The van der Waals surface area contributed by atoms with Crippen molar-refractivity contribution in [3.05, 3.63) is 102 Å². The van der Waals surface area contributed by atoms with E-state index in [1.165, 1.54) is 5.39 Å². The van der Waals surface area contributed by atoms with Gasteiger partial charge in [-0.1, -0.05) is 72.3 Å². The van der Waals surface area contributed by atoms with Crippen LogP contribution in [0.15, 0.2) is 90.0 Å². The molecule has 0 aliphatic heterocycles. The summed E-state index contributed by atoms with van der Waals surface area (Å²) in [5, 5.41) is 1.17. The van der Waals surface area contributed by atoms with Crippen LogP contribution in [0.3, 0.4) is 0 Å². The molecule has 0 aliphatic rings. The maximum atomic E-state index is 12.3. The summed E-state index contributed by atoms with van der Waals surface area (Å²) in [5.74, 6) is 0. The maximum absolute atomic E-state index is 12.3. The summed E-state index contributed by atoms with van der Waals surface area (Å²) in [6.45, 7) is 2.74. The molecule has 3 aromatic carbocycles. The number of nitrogens with zero attached hydrogens (tertiary/aromatic N) is 1. The van der Waals surface area contributed by atoms with Crippen LogP contribution >= 0.6 is 0 Å². The van der Waals surface area contributed by atoms with E-state index >= 15 is 0 Å². The molecule has 1 heterocycles. The van der Waals surface area contributed by atoms with Gasteiger partial charge in [-0.25, -0.2) is 0 Å². The summed E-state index contributed by atoms with van der Waals surface area (Å²) in [7, 11) is -3.72. The van der Waals surface area contributed by atoms with Crippen LogP contribution in [0.25, 0.3) is 23.1 Å². The van der Waals surface area contributed by atoms with Crippen molar-refractivity contribution >= 4 is 33.2 Å². The van der Waals surface area contributed by atoms with Gasteiger partial charge in [-0.05, 0) is 48.7 Å². The molecule has 0 N–H and O–H groups in total. The van der Waals surface area contributed by atoms with E-state index in [4.69, 9.17) is 4.18 Å². The number of hydrogen-bond acceptors (Lipinski definition) is 3. The lowest BCUT2D eigenvalue weighted by molar-refractivity contribution is 0.304. The van der Waals surface area contributed by atoms with Gasteiger partial charge in [-0.3, -0.25) is 4.18 Å². The average Bonchev–Trinajstić information content (AvgIpc) is 3.20. The van der Waals surface area contributed by atoms with Crippen molar-refractivity contribution < 1.29 is 12.6 Å². The van der Waals surface area contributed by atoms with E-state index in [0.29, 0.717) is 13.0 Å². The predicted octanol–water partition coefficient (Wildman–Crippen LogP) is 5.92. The number of fused-ring (bicyclic) bond motifs is 1. The molecule has 0 spiro atoms. The van der Waals surface area contributed by atoms with Gasteiger partial charge in [-0.15, -0.1) is 0 Å². The SMILES string of the molecule is Cc1ccc(S(=O)(=O)OCCCn2ccc3c(/C=C/c4ccccc4)cccc32)cc1. The molecule has 1 aromatic heterocycles. The molecule has 4 rings (SSSR count). The molecule has 0 amide bonds. The zero-order valence-electron chi connectivity index (χ0n) is 17.4. The van der Waals surface area contributed by atoms with E-state index in [9.17, 15) is 8.42 Å². The fraction of sp³-hybridized carbons (Fsp3) is 0.154. The lowest BCUT2D eigenvalue weighted by Gasteiger charge is -2.08. The lowest BCUT2D eigenvalue weighted by Crippen LogP contribution is -2.09. The van der Waals surface area contributed by atoms with E-state index in [1.807, 2.05) is 37.4 Å². The van der Waals surface area contributed by atoms with Crippen molar-refractivity contribution in [3.63, 3.8) is 0 Å². The molecule has 158 valence electrons. The van der Waals surface area contributed by atoms with Crippen molar-refractivity contribution in [2.24, 2.45) is 0 Å². The monoisotopic (exact) mass is 431 g/mol. The topological polar surface area (TPSA) is 48.3 Å². The number of rotatable bonds is 8. The van der Waals surface area contributed by atoms with Crippen LogP contribution in [-0.2, 0) is 20.8 Å².